The molecule has 2 heterocycles. The fraction of sp³-hybridized carbons (Fsp3) is 0.538. The maximum atomic E-state index is 9.17. The molecule has 18 heavy (non-hydrogen) atoms. The summed E-state index contributed by atoms with van der Waals surface area (Å²) in [5.41, 5.74) is 0.844. The molecule has 1 aliphatic rings. The van der Waals surface area contributed by atoms with Crippen molar-refractivity contribution in [2.45, 2.75) is 25.0 Å². The van der Waals surface area contributed by atoms with E-state index in [9.17, 15) is 0 Å². The Kier molecular flexibility index (Phi) is 4.51. The van der Waals surface area contributed by atoms with Gasteiger partial charge in [0, 0.05) is 31.0 Å². The van der Waals surface area contributed by atoms with E-state index in [0.717, 1.165) is 25.0 Å². The lowest BCUT2D eigenvalue weighted by molar-refractivity contribution is 0.109. The molecule has 1 aromatic heterocycles. The van der Waals surface area contributed by atoms with E-state index in [1.54, 1.807) is 19.4 Å². The highest BCUT2D eigenvalue weighted by Crippen LogP contribution is 2.16. The van der Waals surface area contributed by atoms with Crippen molar-refractivity contribution in [2.24, 2.45) is 0 Å². The number of nitrogens with zero attached hydrogens (tertiary/aromatic N) is 2. The Bertz CT molecular complexity index is 407. The van der Waals surface area contributed by atoms with E-state index in [4.69, 9.17) is 14.7 Å². The van der Waals surface area contributed by atoms with E-state index in [-0.39, 0.29) is 12.1 Å². The number of aromatic nitrogens is 1. The highest BCUT2D eigenvalue weighted by atomic mass is 16.5. The maximum Gasteiger partial charge on any atom is 0.212 e. The monoisotopic (exact) mass is 247 g/mol. The lowest BCUT2D eigenvalue weighted by Crippen LogP contribution is -2.29. The number of rotatable bonds is 5. The first-order valence-corrected chi connectivity index (χ1v) is 6.08. The van der Waals surface area contributed by atoms with Crippen molar-refractivity contribution in [3.63, 3.8) is 0 Å². The third-order valence-electron chi connectivity index (χ3n) is 3.00. The first kappa shape index (κ1) is 12.8. The minimum absolute atomic E-state index is 0.229. The van der Waals surface area contributed by atoms with Crippen LogP contribution in [0.15, 0.2) is 18.3 Å². The van der Waals surface area contributed by atoms with Crippen LogP contribution in [-0.2, 0) is 4.74 Å². The van der Waals surface area contributed by atoms with Gasteiger partial charge in [-0.25, -0.2) is 4.98 Å². The summed E-state index contributed by atoms with van der Waals surface area (Å²) in [7, 11) is 1.57. The lowest BCUT2D eigenvalue weighted by atomic mass is 10.1. The van der Waals surface area contributed by atoms with E-state index in [1.807, 2.05) is 6.07 Å². The van der Waals surface area contributed by atoms with Crippen LogP contribution in [0.3, 0.4) is 0 Å². The molecule has 2 rings (SSSR count). The zero-order valence-corrected chi connectivity index (χ0v) is 10.4. The average molecular weight is 247 g/mol. The number of hydrogen-bond donors (Lipinski definition) is 1. The van der Waals surface area contributed by atoms with Gasteiger partial charge in [-0.1, -0.05) is 0 Å². The van der Waals surface area contributed by atoms with Gasteiger partial charge < -0.3 is 9.47 Å². The second kappa shape index (κ2) is 6.34. The molecule has 96 valence electrons. The van der Waals surface area contributed by atoms with Crippen LogP contribution in [0.1, 0.15) is 24.4 Å². The number of nitrogens with one attached hydrogen (secondary N) is 1. The maximum absolute atomic E-state index is 9.17. The number of nitriles is 1. The molecule has 1 aromatic rings. The minimum atomic E-state index is -0.354. The molecule has 0 spiro atoms. The number of pyridine rings is 1. The minimum Gasteiger partial charge on any atom is -0.481 e. The standard InChI is InChI=1S/C13H17N3O2/c1-17-13-5-4-10(8-16-13)12(7-14)15-9-11-3-2-6-18-11/h4-5,8,11-12,15H,2-3,6,9H2,1H3. The third-order valence-corrected chi connectivity index (χ3v) is 3.00. The van der Waals surface area contributed by atoms with Crippen LogP contribution in [0.5, 0.6) is 5.88 Å². The van der Waals surface area contributed by atoms with Gasteiger partial charge in [-0.2, -0.15) is 5.26 Å². The fourth-order valence-electron chi connectivity index (χ4n) is 1.98. The molecular formula is C13H17N3O2. The van der Waals surface area contributed by atoms with Crippen molar-refractivity contribution in [1.82, 2.24) is 10.3 Å². The Morgan fingerprint density at radius 3 is 3.11 bits per heavy atom. The summed E-state index contributed by atoms with van der Waals surface area (Å²) in [6, 6.07) is 5.49. The smallest absolute Gasteiger partial charge is 0.212 e. The SMILES string of the molecule is COc1ccc(C(C#N)NCC2CCCO2)cn1. The van der Waals surface area contributed by atoms with Gasteiger partial charge in [0.25, 0.3) is 0 Å². The van der Waals surface area contributed by atoms with Crippen LogP contribution in [0.25, 0.3) is 0 Å². The fourth-order valence-corrected chi connectivity index (χ4v) is 1.98. The Hall–Kier alpha value is -1.64. The van der Waals surface area contributed by atoms with Gasteiger partial charge >= 0.3 is 0 Å². The van der Waals surface area contributed by atoms with Crippen molar-refractivity contribution in [3.8, 4) is 11.9 Å². The molecule has 5 heteroatoms. The Morgan fingerprint density at radius 2 is 2.56 bits per heavy atom. The second-order valence-corrected chi connectivity index (χ2v) is 4.24. The quantitative estimate of drug-likeness (QED) is 0.852. The Labute approximate surface area is 107 Å². The molecule has 0 radical (unpaired) electrons. The molecule has 5 nitrogen and oxygen atoms in total. The van der Waals surface area contributed by atoms with Crippen molar-refractivity contribution in [3.05, 3.63) is 23.9 Å². The summed E-state index contributed by atoms with van der Waals surface area (Å²) in [6.45, 7) is 1.53. The molecule has 0 bridgehead atoms. The largest absolute Gasteiger partial charge is 0.481 e. The van der Waals surface area contributed by atoms with Crippen molar-refractivity contribution >= 4 is 0 Å². The summed E-state index contributed by atoms with van der Waals surface area (Å²) in [4.78, 5) is 4.10. The van der Waals surface area contributed by atoms with Gasteiger partial charge in [-0.05, 0) is 18.9 Å². The van der Waals surface area contributed by atoms with Crippen LogP contribution in [0, 0.1) is 11.3 Å². The summed E-state index contributed by atoms with van der Waals surface area (Å²) in [5.74, 6) is 0.551. The van der Waals surface area contributed by atoms with Gasteiger partial charge in [-0.15, -0.1) is 0 Å². The molecule has 1 fully saturated rings. The van der Waals surface area contributed by atoms with Gasteiger partial charge in [0.2, 0.25) is 5.88 Å². The molecule has 0 aliphatic carbocycles. The molecular weight excluding hydrogens is 230 g/mol. The number of ether oxygens (including phenoxy) is 2. The van der Waals surface area contributed by atoms with Crippen LogP contribution in [-0.4, -0.2) is 31.3 Å². The van der Waals surface area contributed by atoms with Crippen LogP contribution in [0.2, 0.25) is 0 Å². The van der Waals surface area contributed by atoms with Crippen LogP contribution < -0.4 is 10.1 Å². The normalized spacial score (nSPS) is 20.3. The van der Waals surface area contributed by atoms with E-state index in [0.29, 0.717) is 12.4 Å². The van der Waals surface area contributed by atoms with Gasteiger partial charge in [-0.3, -0.25) is 5.32 Å². The van der Waals surface area contributed by atoms with Gasteiger partial charge in [0.05, 0.1) is 19.3 Å². The number of methoxy groups -OCH3 is 1. The van der Waals surface area contributed by atoms with Crippen molar-refractivity contribution < 1.29 is 9.47 Å². The van der Waals surface area contributed by atoms with E-state index in [1.165, 1.54) is 0 Å². The third kappa shape index (κ3) is 3.19. The van der Waals surface area contributed by atoms with E-state index < -0.39 is 0 Å². The summed E-state index contributed by atoms with van der Waals surface area (Å²) < 4.78 is 10.5. The first-order chi connectivity index (χ1) is 8.83. The molecule has 2 atom stereocenters. The first-order valence-electron chi connectivity index (χ1n) is 6.08. The molecule has 1 saturated heterocycles. The predicted molar refractivity (Wildman–Crippen MR) is 66.1 cm³/mol. The van der Waals surface area contributed by atoms with E-state index in [2.05, 4.69) is 16.4 Å². The van der Waals surface area contributed by atoms with Gasteiger partial charge in [0.15, 0.2) is 0 Å². The Balaban J connectivity index is 1.92. The van der Waals surface area contributed by atoms with Crippen molar-refractivity contribution in [1.29, 1.82) is 5.26 Å². The molecule has 0 amide bonds. The highest BCUT2D eigenvalue weighted by Gasteiger charge is 2.18. The topological polar surface area (TPSA) is 67.2 Å². The summed E-state index contributed by atoms with van der Waals surface area (Å²) >= 11 is 0. The van der Waals surface area contributed by atoms with Crippen molar-refractivity contribution in [2.75, 3.05) is 20.3 Å². The molecule has 0 saturated carbocycles. The molecule has 1 N–H and O–H groups in total. The average Bonchev–Trinajstić information content (AvgIpc) is 2.93. The summed E-state index contributed by atoms with van der Waals surface area (Å²) in [5, 5.41) is 12.4. The zero-order chi connectivity index (χ0) is 12.8. The zero-order valence-electron chi connectivity index (χ0n) is 10.4. The van der Waals surface area contributed by atoms with E-state index >= 15 is 0 Å². The second-order valence-electron chi connectivity index (χ2n) is 4.24. The Morgan fingerprint density at radius 1 is 1.67 bits per heavy atom. The predicted octanol–water partition coefficient (Wildman–Crippen LogP) is 1.42. The van der Waals surface area contributed by atoms with Crippen LogP contribution in [0.4, 0.5) is 0 Å². The van der Waals surface area contributed by atoms with Crippen LogP contribution >= 0.6 is 0 Å². The lowest BCUT2D eigenvalue weighted by Gasteiger charge is -2.15. The molecule has 0 aromatic carbocycles. The molecule has 1 aliphatic heterocycles. The number of hydrogen-bond acceptors (Lipinski definition) is 5. The summed E-state index contributed by atoms with van der Waals surface area (Å²) in [6.07, 6.45) is 4.06. The van der Waals surface area contributed by atoms with Gasteiger partial charge in [0.1, 0.15) is 6.04 Å². The highest BCUT2D eigenvalue weighted by molar-refractivity contribution is 5.24. The molecule has 2 unspecified atom stereocenters.